The standard InChI is InChI=1S/C13H20N4O3/c1-9-2-4-17(11(6-9)13(19)20)12(18)10-7-16(5-3-14)8-15-10/h7-9,11H,2-6,14H2,1H3,(H,19,20). The summed E-state index contributed by atoms with van der Waals surface area (Å²) >= 11 is 0. The number of nitrogens with two attached hydrogens (primary N) is 1. The zero-order valence-corrected chi connectivity index (χ0v) is 11.5. The normalized spacial score (nSPS) is 22.8. The number of carbonyl (C=O) groups excluding carboxylic acids is 1. The van der Waals surface area contributed by atoms with Crippen molar-refractivity contribution < 1.29 is 14.7 Å². The number of hydrogen-bond donors (Lipinski definition) is 2. The summed E-state index contributed by atoms with van der Waals surface area (Å²) in [6.45, 7) is 3.51. The zero-order chi connectivity index (χ0) is 14.7. The lowest BCUT2D eigenvalue weighted by Crippen LogP contribution is -2.49. The Balaban J connectivity index is 2.15. The quantitative estimate of drug-likeness (QED) is 0.818. The van der Waals surface area contributed by atoms with Crippen molar-refractivity contribution in [2.45, 2.75) is 32.4 Å². The summed E-state index contributed by atoms with van der Waals surface area (Å²) < 4.78 is 1.73. The van der Waals surface area contributed by atoms with E-state index >= 15 is 0 Å². The largest absolute Gasteiger partial charge is 0.480 e. The molecule has 1 aromatic heterocycles. The van der Waals surface area contributed by atoms with Crippen molar-refractivity contribution in [1.82, 2.24) is 14.5 Å². The molecule has 0 aromatic carbocycles. The Bertz CT molecular complexity index is 500. The van der Waals surface area contributed by atoms with Gasteiger partial charge in [-0.3, -0.25) is 4.79 Å². The molecule has 110 valence electrons. The van der Waals surface area contributed by atoms with Crippen LogP contribution < -0.4 is 5.73 Å². The number of amides is 1. The monoisotopic (exact) mass is 280 g/mol. The van der Waals surface area contributed by atoms with E-state index < -0.39 is 12.0 Å². The molecule has 2 unspecified atom stereocenters. The molecule has 0 spiro atoms. The van der Waals surface area contributed by atoms with Crippen LogP contribution in [-0.4, -0.2) is 50.6 Å². The Morgan fingerprint density at radius 3 is 2.95 bits per heavy atom. The van der Waals surface area contributed by atoms with E-state index in [4.69, 9.17) is 5.73 Å². The number of likely N-dealkylation sites (tertiary alicyclic amines) is 1. The molecule has 0 aliphatic carbocycles. The van der Waals surface area contributed by atoms with Gasteiger partial charge in [0.25, 0.3) is 5.91 Å². The molecular weight excluding hydrogens is 260 g/mol. The van der Waals surface area contributed by atoms with Crippen LogP contribution in [0.25, 0.3) is 0 Å². The molecule has 1 fully saturated rings. The maximum Gasteiger partial charge on any atom is 0.326 e. The highest BCUT2D eigenvalue weighted by Crippen LogP contribution is 2.24. The number of carboxylic acids is 1. The van der Waals surface area contributed by atoms with E-state index in [2.05, 4.69) is 4.98 Å². The highest BCUT2D eigenvalue weighted by molar-refractivity contribution is 5.95. The van der Waals surface area contributed by atoms with Gasteiger partial charge in [-0.2, -0.15) is 0 Å². The first kappa shape index (κ1) is 14.5. The van der Waals surface area contributed by atoms with Crippen molar-refractivity contribution in [2.24, 2.45) is 11.7 Å². The average Bonchev–Trinajstić information content (AvgIpc) is 2.87. The topological polar surface area (TPSA) is 101 Å². The van der Waals surface area contributed by atoms with E-state index in [9.17, 15) is 14.7 Å². The van der Waals surface area contributed by atoms with Gasteiger partial charge in [0.2, 0.25) is 0 Å². The predicted molar refractivity (Wildman–Crippen MR) is 72.1 cm³/mol. The molecule has 1 saturated heterocycles. The molecule has 1 aliphatic rings. The molecule has 3 N–H and O–H groups in total. The average molecular weight is 280 g/mol. The van der Waals surface area contributed by atoms with Crippen LogP contribution in [0.3, 0.4) is 0 Å². The van der Waals surface area contributed by atoms with Crippen LogP contribution in [0.4, 0.5) is 0 Å². The van der Waals surface area contributed by atoms with Crippen LogP contribution in [0.15, 0.2) is 12.5 Å². The third-order valence-electron chi connectivity index (χ3n) is 3.65. The number of aromatic nitrogens is 2. The minimum Gasteiger partial charge on any atom is -0.480 e. The molecular formula is C13H20N4O3. The maximum atomic E-state index is 12.4. The maximum absolute atomic E-state index is 12.4. The number of rotatable bonds is 4. The number of carbonyl (C=O) groups is 2. The Hall–Kier alpha value is -1.89. The highest BCUT2D eigenvalue weighted by atomic mass is 16.4. The molecule has 2 atom stereocenters. The summed E-state index contributed by atoms with van der Waals surface area (Å²) in [5, 5.41) is 9.28. The summed E-state index contributed by atoms with van der Waals surface area (Å²) in [7, 11) is 0. The van der Waals surface area contributed by atoms with Gasteiger partial charge in [0.05, 0.1) is 6.33 Å². The van der Waals surface area contributed by atoms with Gasteiger partial charge in [-0.25, -0.2) is 9.78 Å². The van der Waals surface area contributed by atoms with Crippen molar-refractivity contribution in [3.05, 3.63) is 18.2 Å². The lowest BCUT2D eigenvalue weighted by atomic mass is 9.92. The van der Waals surface area contributed by atoms with Crippen molar-refractivity contribution in [1.29, 1.82) is 0 Å². The van der Waals surface area contributed by atoms with Crippen LogP contribution >= 0.6 is 0 Å². The number of carboxylic acid groups (broad SMARTS) is 1. The van der Waals surface area contributed by atoms with Gasteiger partial charge in [0, 0.05) is 25.8 Å². The van der Waals surface area contributed by atoms with E-state index in [1.807, 2.05) is 6.92 Å². The third kappa shape index (κ3) is 2.98. The van der Waals surface area contributed by atoms with E-state index in [1.54, 1.807) is 17.1 Å². The van der Waals surface area contributed by atoms with Gasteiger partial charge in [0.1, 0.15) is 11.7 Å². The molecule has 2 heterocycles. The number of nitrogens with zero attached hydrogens (tertiary/aromatic N) is 3. The SMILES string of the molecule is CC1CCN(C(=O)c2cn(CCN)cn2)C(C(=O)O)C1. The fourth-order valence-corrected chi connectivity index (χ4v) is 2.51. The second-order valence-electron chi connectivity index (χ2n) is 5.27. The molecule has 7 nitrogen and oxygen atoms in total. The Kier molecular flexibility index (Phi) is 4.39. The van der Waals surface area contributed by atoms with Crippen molar-refractivity contribution in [2.75, 3.05) is 13.1 Å². The van der Waals surface area contributed by atoms with E-state index in [-0.39, 0.29) is 11.6 Å². The zero-order valence-electron chi connectivity index (χ0n) is 11.5. The van der Waals surface area contributed by atoms with Gasteiger partial charge in [0.15, 0.2) is 0 Å². The van der Waals surface area contributed by atoms with E-state index in [1.165, 1.54) is 4.90 Å². The second kappa shape index (κ2) is 6.04. The van der Waals surface area contributed by atoms with Gasteiger partial charge in [-0.15, -0.1) is 0 Å². The minimum absolute atomic E-state index is 0.277. The molecule has 0 bridgehead atoms. The van der Waals surface area contributed by atoms with Crippen LogP contribution in [0.1, 0.15) is 30.3 Å². The summed E-state index contributed by atoms with van der Waals surface area (Å²) in [6, 6.07) is -0.758. The van der Waals surface area contributed by atoms with Gasteiger partial charge >= 0.3 is 5.97 Å². The molecule has 1 aliphatic heterocycles. The highest BCUT2D eigenvalue weighted by Gasteiger charge is 2.35. The van der Waals surface area contributed by atoms with Crippen molar-refractivity contribution in [3.63, 3.8) is 0 Å². The van der Waals surface area contributed by atoms with Crippen molar-refractivity contribution in [3.8, 4) is 0 Å². The molecule has 20 heavy (non-hydrogen) atoms. The van der Waals surface area contributed by atoms with Crippen LogP contribution in [0, 0.1) is 5.92 Å². The smallest absolute Gasteiger partial charge is 0.326 e. The van der Waals surface area contributed by atoms with Crippen molar-refractivity contribution >= 4 is 11.9 Å². The van der Waals surface area contributed by atoms with Crippen LogP contribution in [0.5, 0.6) is 0 Å². The Morgan fingerprint density at radius 1 is 1.55 bits per heavy atom. The lowest BCUT2D eigenvalue weighted by Gasteiger charge is -2.35. The van der Waals surface area contributed by atoms with Crippen LogP contribution in [-0.2, 0) is 11.3 Å². The summed E-state index contributed by atoms with van der Waals surface area (Å²) in [5.41, 5.74) is 5.72. The van der Waals surface area contributed by atoms with E-state index in [0.717, 1.165) is 6.42 Å². The van der Waals surface area contributed by atoms with E-state index in [0.29, 0.717) is 32.0 Å². The fourth-order valence-electron chi connectivity index (χ4n) is 2.51. The number of aliphatic carboxylic acids is 1. The third-order valence-corrected chi connectivity index (χ3v) is 3.65. The Morgan fingerprint density at radius 2 is 2.30 bits per heavy atom. The number of hydrogen-bond acceptors (Lipinski definition) is 4. The first-order valence-electron chi connectivity index (χ1n) is 6.78. The van der Waals surface area contributed by atoms with Gasteiger partial charge in [-0.05, 0) is 18.8 Å². The molecule has 0 saturated carbocycles. The molecule has 1 amide bonds. The molecule has 0 radical (unpaired) electrons. The summed E-state index contributed by atoms with van der Waals surface area (Å²) in [5.74, 6) is -0.957. The van der Waals surface area contributed by atoms with Gasteiger partial charge < -0.3 is 20.3 Å². The predicted octanol–water partition coefficient (Wildman–Crippen LogP) is 0.167. The number of imidazole rings is 1. The van der Waals surface area contributed by atoms with Gasteiger partial charge in [-0.1, -0.05) is 6.92 Å². The first-order chi connectivity index (χ1) is 9.52. The number of piperidine rings is 1. The first-order valence-corrected chi connectivity index (χ1v) is 6.78. The molecule has 7 heteroatoms. The minimum atomic E-state index is -0.953. The molecule has 1 aromatic rings. The second-order valence-corrected chi connectivity index (χ2v) is 5.27. The molecule has 2 rings (SSSR count). The van der Waals surface area contributed by atoms with Crippen LogP contribution in [0.2, 0.25) is 0 Å². The summed E-state index contributed by atoms with van der Waals surface area (Å²) in [4.78, 5) is 29.2. The fraction of sp³-hybridized carbons (Fsp3) is 0.615. The summed E-state index contributed by atoms with van der Waals surface area (Å²) in [6.07, 6.45) is 4.47. The lowest BCUT2D eigenvalue weighted by molar-refractivity contribution is -0.144. The Labute approximate surface area is 117 Å².